The summed E-state index contributed by atoms with van der Waals surface area (Å²) in [5.41, 5.74) is 1.21. The number of aromatic nitrogens is 3. The highest BCUT2D eigenvalue weighted by atomic mass is 32.2. The summed E-state index contributed by atoms with van der Waals surface area (Å²) < 4.78 is 6.78. The maximum Gasteiger partial charge on any atom is 0.360 e. The summed E-state index contributed by atoms with van der Waals surface area (Å²) in [7, 11) is 0. The van der Waals surface area contributed by atoms with E-state index in [0.29, 0.717) is 12.3 Å². The van der Waals surface area contributed by atoms with Crippen molar-refractivity contribution in [2.75, 3.05) is 18.6 Å². The van der Waals surface area contributed by atoms with Gasteiger partial charge in [-0.15, -0.1) is 5.10 Å². The van der Waals surface area contributed by atoms with Crippen LogP contribution in [0.1, 0.15) is 42.9 Å². The minimum absolute atomic E-state index is 0.200. The van der Waals surface area contributed by atoms with Crippen LogP contribution in [0.3, 0.4) is 0 Å². The van der Waals surface area contributed by atoms with E-state index in [0.717, 1.165) is 18.0 Å². The highest BCUT2D eigenvalue weighted by Crippen LogP contribution is 2.18. The zero-order chi connectivity index (χ0) is 12.8. The molecule has 0 aliphatic rings. The van der Waals surface area contributed by atoms with E-state index in [9.17, 15) is 4.79 Å². The van der Waals surface area contributed by atoms with Crippen LogP contribution in [-0.4, -0.2) is 39.6 Å². The molecule has 96 valence electrons. The molecule has 5 nitrogen and oxygen atoms in total. The van der Waals surface area contributed by atoms with Crippen molar-refractivity contribution in [3.63, 3.8) is 0 Å². The second-order valence-electron chi connectivity index (χ2n) is 3.91. The minimum Gasteiger partial charge on any atom is -0.461 e. The molecule has 6 heteroatoms. The van der Waals surface area contributed by atoms with Crippen molar-refractivity contribution in [2.24, 2.45) is 0 Å². The van der Waals surface area contributed by atoms with Crippen molar-refractivity contribution in [1.29, 1.82) is 0 Å². The Labute approximate surface area is 106 Å². The van der Waals surface area contributed by atoms with Crippen LogP contribution < -0.4 is 0 Å². The lowest BCUT2D eigenvalue weighted by molar-refractivity contribution is 0.0517. The number of carbonyl (C=O) groups excluding carboxylic acids is 1. The maximum absolute atomic E-state index is 11.7. The molecule has 0 unspecified atom stereocenters. The summed E-state index contributed by atoms with van der Waals surface area (Å²) >= 11 is 1.74. The Balaban J connectivity index is 2.97. The molecular weight excluding hydrogens is 238 g/mol. The Morgan fingerprint density at radius 2 is 2.24 bits per heavy atom. The number of hydrogen-bond donors (Lipinski definition) is 0. The number of hydrogen-bond acceptors (Lipinski definition) is 5. The maximum atomic E-state index is 11.7. The van der Waals surface area contributed by atoms with Crippen LogP contribution in [0.4, 0.5) is 0 Å². The second-order valence-corrected chi connectivity index (χ2v) is 4.90. The predicted octanol–water partition coefficient (Wildman–Crippen LogP) is 1.94. The molecule has 0 atom stereocenters. The zero-order valence-corrected chi connectivity index (χ0v) is 11.6. The molecule has 0 spiro atoms. The smallest absolute Gasteiger partial charge is 0.360 e. The summed E-state index contributed by atoms with van der Waals surface area (Å²) in [5, 5.41) is 7.97. The van der Waals surface area contributed by atoms with Gasteiger partial charge in [-0.2, -0.15) is 11.8 Å². The van der Waals surface area contributed by atoms with Crippen molar-refractivity contribution in [3.8, 4) is 0 Å². The fourth-order valence-electron chi connectivity index (χ4n) is 1.58. The van der Waals surface area contributed by atoms with Gasteiger partial charge in [-0.3, -0.25) is 0 Å². The lowest BCUT2D eigenvalue weighted by atomic mass is 10.1. The van der Waals surface area contributed by atoms with Gasteiger partial charge in [0.15, 0.2) is 5.69 Å². The van der Waals surface area contributed by atoms with E-state index >= 15 is 0 Å². The molecule has 1 aromatic rings. The second kappa shape index (κ2) is 6.64. The summed E-state index contributed by atoms with van der Waals surface area (Å²) in [6.07, 6.45) is 2.04. The van der Waals surface area contributed by atoms with Gasteiger partial charge in [0.2, 0.25) is 0 Å². The first-order valence-electron chi connectivity index (χ1n) is 5.71. The number of carbonyl (C=O) groups is 1. The molecule has 1 aromatic heterocycles. The van der Waals surface area contributed by atoms with Gasteiger partial charge in [0.25, 0.3) is 0 Å². The molecule has 0 aromatic carbocycles. The summed E-state index contributed by atoms with van der Waals surface area (Å²) in [6.45, 7) is 6.95. The van der Waals surface area contributed by atoms with Crippen molar-refractivity contribution in [3.05, 3.63) is 11.4 Å². The Bertz CT molecular complexity index is 377. The van der Waals surface area contributed by atoms with E-state index in [4.69, 9.17) is 4.74 Å². The van der Waals surface area contributed by atoms with Crippen LogP contribution >= 0.6 is 11.8 Å². The van der Waals surface area contributed by atoms with Gasteiger partial charge in [-0.05, 0) is 19.1 Å². The van der Waals surface area contributed by atoms with E-state index in [1.165, 1.54) is 0 Å². The van der Waals surface area contributed by atoms with E-state index < -0.39 is 0 Å². The van der Waals surface area contributed by atoms with Crippen LogP contribution in [0.15, 0.2) is 0 Å². The molecule has 0 aliphatic heterocycles. The highest BCUT2D eigenvalue weighted by molar-refractivity contribution is 7.98. The third kappa shape index (κ3) is 3.46. The quantitative estimate of drug-likeness (QED) is 0.729. The molecule has 0 bridgehead atoms. The largest absolute Gasteiger partial charge is 0.461 e. The molecule has 0 fully saturated rings. The molecule has 1 rings (SSSR count). The molecule has 0 N–H and O–H groups in total. The van der Waals surface area contributed by atoms with Gasteiger partial charge in [-0.25, -0.2) is 9.48 Å². The average molecular weight is 257 g/mol. The van der Waals surface area contributed by atoms with Crippen LogP contribution in [0.25, 0.3) is 0 Å². The standard InChI is InChI=1S/C11H19N3O2S/c1-5-16-11(15)9-10(8(2)3)14(13-12-9)6-7-17-4/h8H,5-7H2,1-4H3. The number of esters is 1. The Morgan fingerprint density at radius 3 is 2.76 bits per heavy atom. The molecule has 0 saturated carbocycles. The lowest BCUT2D eigenvalue weighted by Gasteiger charge is -2.09. The van der Waals surface area contributed by atoms with Gasteiger partial charge in [0.05, 0.1) is 18.8 Å². The molecule has 0 saturated heterocycles. The third-order valence-electron chi connectivity index (χ3n) is 2.30. The van der Waals surface area contributed by atoms with Crippen molar-refractivity contribution in [1.82, 2.24) is 15.0 Å². The Morgan fingerprint density at radius 1 is 1.53 bits per heavy atom. The normalized spacial score (nSPS) is 10.9. The number of nitrogens with zero attached hydrogens (tertiary/aromatic N) is 3. The lowest BCUT2D eigenvalue weighted by Crippen LogP contribution is -2.13. The van der Waals surface area contributed by atoms with Gasteiger partial charge in [0, 0.05) is 5.75 Å². The number of ether oxygens (including phenoxy) is 1. The Hall–Kier alpha value is -1.04. The first-order valence-corrected chi connectivity index (χ1v) is 7.10. The summed E-state index contributed by atoms with van der Waals surface area (Å²) in [5.74, 6) is 0.767. The van der Waals surface area contributed by atoms with Gasteiger partial charge in [0.1, 0.15) is 0 Å². The SMILES string of the molecule is CCOC(=O)c1nnn(CCSC)c1C(C)C. The van der Waals surface area contributed by atoms with Crippen LogP contribution in [0.2, 0.25) is 0 Å². The fraction of sp³-hybridized carbons (Fsp3) is 0.727. The molecule has 1 heterocycles. The van der Waals surface area contributed by atoms with Gasteiger partial charge in [-0.1, -0.05) is 19.1 Å². The van der Waals surface area contributed by atoms with E-state index in [1.807, 2.05) is 20.1 Å². The average Bonchev–Trinajstić information content (AvgIpc) is 2.70. The molecule has 0 amide bonds. The molecule has 0 aliphatic carbocycles. The first kappa shape index (κ1) is 14.0. The van der Waals surface area contributed by atoms with Crippen LogP contribution in [0, 0.1) is 0 Å². The van der Waals surface area contributed by atoms with Crippen LogP contribution in [-0.2, 0) is 11.3 Å². The minimum atomic E-state index is -0.383. The number of thioether (sulfide) groups is 1. The highest BCUT2D eigenvalue weighted by Gasteiger charge is 2.22. The van der Waals surface area contributed by atoms with Gasteiger partial charge >= 0.3 is 5.97 Å². The first-order chi connectivity index (χ1) is 8.11. The van der Waals surface area contributed by atoms with E-state index in [1.54, 1.807) is 23.4 Å². The zero-order valence-electron chi connectivity index (χ0n) is 10.8. The Kier molecular flexibility index (Phi) is 5.47. The van der Waals surface area contributed by atoms with Crippen molar-refractivity contribution < 1.29 is 9.53 Å². The molecule has 17 heavy (non-hydrogen) atoms. The van der Waals surface area contributed by atoms with Crippen molar-refractivity contribution in [2.45, 2.75) is 33.2 Å². The van der Waals surface area contributed by atoms with E-state index in [2.05, 4.69) is 10.3 Å². The monoisotopic (exact) mass is 257 g/mol. The third-order valence-corrected chi connectivity index (χ3v) is 2.89. The van der Waals surface area contributed by atoms with Crippen LogP contribution in [0.5, 0.6) is 0 Å². The van der Waals surface area contributed by atoms with E-state index in [-0.39, 0.29) is 11.9 Å². The topological polar surface area (TPSA) is 57.0 Å². The molecular formula is C11H19N3O2S. The van der Waals surface area contributed by atoms with Gasteiger partial charge < -0.3 is 4.74 Å². The number of aryl methyl sites for hydroxylation is 1. The predicted molar refractivity (Wildman–Crippen MR) is 68.4 cm³/mol. The number of rotatable bonds is 6. The van der Waals surface area contributed by atoms with Crippen molar-refractivity contribution >= 4 is 17.7 Å². The fourth-order valence-corrected chi connectivity index (χ4v) is 1.94. The molecule has 0 radical (unpaired) electrons. The summed E-state index contributed by atoms with van der Waals surface area (Å²) in [4.78, 5) is 11.7. The summed E-state index contributed by atoms with van der Waals surface area (Å²) in [6, 6.07) is 0.